The number of hydrogen-bond donors (Lipinski definition) is 1. The smallest absolute Gasteiger partial charge is 0.358 e. The van der Waals surface area contributed by atoms with E-state index < -0.39 is 5.97 Å². The minimum atomic E-state index is -1.09. The molecule has 21 heavy (non-hydrogen) atoms. The van der Waals surface area contributed by atoms with E-state index in [9.17, 15) is 9.90 Å². The molecule has 8 heteroatoms. The summed E-state index contributed by atoms with van der Waals surface area (Å²) < 4.78 is 8.36. The summed E-state index contributed by atoms with van der Waals surface area (Å²) in [5.74, 6) is -1.09. The number of hydrogen-bond acceptors (Lipinski definition) is 5. The molecule has 0 amide bonds. The van der Waals surface area contributed by atoms with Crippen LogP contribution in [0.2, 0.25) is 0 Å². The zero-order chi connectivity index (χ0) is 15.6. The maximum atomic E-state index is 11.4. The van der Waals surface area contributed by atoms with E-state index >= 15 is 0 Å². The number of carbonyl (C=O) groups is 1. The largest absolute Gasteiger partial charge is 0.476 e. The van der Waals surface area contributed by atoms with Gasteiger partial charge >= 0.3 is 5.97 Å². The van der Waals surface area contributed by atoms with E-state index in [-0.39, 0.29) is 5.69 Å². The molecule has 0 aromatic carbocycles. The first-order valence-corrected chi connectivity index (χ1v) is 6.63. The minimum absolute atomic E-state index is 0.0494. The summed E-state index contributed by atoms with van der Waals surface area (Å²) in [6.45, 7) is 4.86. The van der Waals surface area contributed by atoms with Gasteiger partial charge in [-0.2, -0.15) is 5.10 Å². The van der Waals surface area contributed by atoms with E-state index in [1.165, 1.54) is 0 Å². The van der Waals surface area contributed by atoms with Crippen molar-refractivity contribution in [1.82, 2.24) is 24.8 Å². The zero-order valence-corrected chi connectivity index (χ0v) is 12.6. The molecule has 0 aliphatic heterocycles. The quantitative estimate of drug-likeness (QED) is 0.799. The molecule has 0 fully saturated rings. The molecule has 0 bridgehead atoms. The number of aryl methyl sites for hydroxylation is 3. The van der Waals surface area contributed by atoms with Gasteiger partial charge in [-0.05, 0) is 20.3 Å². The van der Waals surface area contributed by atoms with Crippen LogP contribution in [-0.2, 0) is 18.3 Å². The topological polar surface area (TPSA) is 95.1 Å². The van der Waals surface area contributed by atoms with Gasteiger partial charge in [-0.3, -0.25) is 4.68 Å². The number of aromatic nitrogens is 5. The van der Waals surface area contributed by atoms with Gasteiger partial charge in [0.1, 0.15) is 5.69 Å². The second-order valence-corrected chi connectivity index (χ2v) is 4.83. The van der Waals surface area contributed by atoms with Gasteiger partial charge in [-0.25, -0.2) is 9.48 Å². The molecule has 0 aliphatic rings. The first kappa shape index (κ1) is 15.2. The third-order valence-corrected chi connectivity index (χ3v) is 3.40. The van der Waals surface area contributed by atoms with Crippen molar-refractivity contribution < 1.29 is 14.6 Å². The Hall–Kier alpha value is -2.22. The lowest BCUT2D eigenvalue weighted by atomic mass is 10.1. The minimum Gasteiger partial charge on any atom is -0.476 e. The van der Waals surface area contributed by atoms with Crippen molar-refractivity contribution >= 4 is 5.97 Å². The summed E-state index contributed by atoms with van der Waals surface area (Å²) in [7, 11) is 3.45. The van der Waals surface area contributed by atoms with Crippen molar-refractivity contribution in [3.63, 3.8) is 0 Å². The Kier molecular flexibility index (Phi) is 4.37. The molecule has 0 saturated carbocycles. The van der Waals surface area contributed by atoms with E-state index in [1.54, 1.807) is 16.5 Å². The molecular formula is C13H19N5O3. The molecule has 1 N–H and O–H groups in total. The van der Waals surface area contributed by atoms with Gasteiger partial charge < -0.3 is 9.84 Å². The van der Waals surface area contributed by atoms with Crippen molar-refractivity contribution in [3.8, 4) is 11.3 Å². The first-order valence-electron chi connectivity index (χ1n) is 6.63. The molecule has 8 nitrogen and oxygen atoms in total. The molecular weight excluding hydrogens is 274 g/mol. The number of aromatic carboxylic acids is 1. The van der Waals surface area contributed by atoms with Crippen LogP contribution < -0.4 is 0 Å². The van der Waals surface area contributed by atoms with Crippen molar-refractivity contribution in [2.45, 2.75) is 26.8 Å². The van der Waals surface area contributed by atoms with Crippen LogP contribution in [0.15, 0.2) is 0 Å². The van der Waals surface area contributed by atoms with Gasteiger partial charge in [-0.15, -0.1) is 5.10 Å². The van der Waals surface area contributed by atoms with Crippen molar-refractivity contribution in [2.75, 3.05) is 13.7 Å². The number of ether oxygens (including phenoxy) is 1. The highest BCUT2D eigenvalue weighted by Gasteiger charge is 2.25. The summed E-state index contributed by atoms with van der Waals surface area (Å²) in [5.41, 5.74) is 2.86. The van der Waals surface area contributed by atoms with Crippen LogP contribution in [0.25, 0.3) is 11.3 Å². The van der Waals surface area contributed by atoms with Crippen molar-refractivity contribution in [1.29, 1.82) is 0 Å². The van der Waals surface area contributed by atoms with E-state index in [4.69, 9.17) is 4.74 Å². The van der Waals surface area contributed by atoms with Crippen LogP contribution in [0, 0.1) is 13.8 Å². The van der Waals surface area contributed by atoms with Crippen LogP contribution in [0.1, 0.15) is 28.3 Å². The Morgan fingerprint density at radius 1 is 1.38 bits per heavy atom. The second kappa shape index (κ2) is 6.04. The van der Waals surface area contributed by atoms with Gasteiger partial charge in [0.2, 0.25) is 0 Å². The fraction of sp³-hybridized carbons (Fsp3) is 0.538. The van der Waals surface area contributed by atoms with Gasteiger partial charge in [-0.1, -0.05) is 5.21 Å². The molecule has 2 aromatic rings. The fourth-order valence-electron chi connectivity index (χ4n) is 2.34. The molecule has 0 atom stereocenters. The first-order chi connectivity index (χ1) is 9.97. The predicted octanol–water partition coefficient (Wildman–Crippen LogP) is 1.03. The Morgan fingerprint density at radius 2 is 2.10 bits per heavy atom. The molecule has 0 spiro atoms. The molecule has 114 valence electrons. The summed E-state index contributed by atoms with van der Waals surface area (Å²) in [4.78, 5) is 11.4. The third-order valence-electron chi connectivity index (χ3n) is 3.40. The standard InChI is InChI=1S/C13H19N5O3/c1-8-10(9(2)17(3)15-8)12-11(13(19)20)14-16-18(12)6-5-7-21-4/h5-7H2,1-4H3,(H,19,20). The number of carboxylic acid groups (broad SMARTS) is 1. The highest BCUT2D eigenvalue weighted by Crippen LogP contribution is 2.28. The molecule has 0 unspecified atom stereocenters. The maximum Gasteiger partial charge on any atom is 0.358 e. The fourth-order valence-corrected chi connectivity index (χ4v) is 2.34. The van der Waals surface area contributed by atoms with E-state index in [0.717, 1.165) is 23.4 Å². The average Bonchev–Trinajstić information content (AvgIpc) is 2.92. The van der Waals surface area contributed by atoms with Gasteiger partial charge in [0.05, 0.1) is 5.69 Å². The van der Waals surface area contributed by atoms with Crippen LogP contribution in [0.3, 0.4) is 0 Å². The highest BCUT2D eigenvalue weighted by molar-refractivity contribution is 5.93. The Bertz CT molecular complexity index is 659. The summed E-state index contributed by atoms with van der Waals surface area (Å²) >= 11 is 0. The van der Waals surface area contributed by atoms with Crippen LogP contribution >= 0.6 is 0 Å². The van der Waals surface area contributed by atoms with Crippen LogP contribution in [0.4, 0.5) is 0 Å². The second-order valence-electron chi connectivity index (χ2n) is 4.83. The average molecular weight is 293 g/mol. The molecule has 2 rings (SSSR count). The molecule has 0 aliphatic carbocycles. The van der Waals surface area contributed by atoms with Gasteiger partial charge in [0, 0.05) is 38.6 Å². The normalized spacial score (nSPS) is 11.0. The maximum absolute atomic E-state index is 11.4. The van der Waals surface area contributed by atoms with E-state index in [0.29, 0.717) is 18.8 Å². The summed E-state index contributed by atoms with van der Waals surface area (Å²) in [5, 5.41) is 21.4. The summed E-state index contributed by atoms with van der Waals surface area (Å²) in [6.07, 6.45) is 0.726. The summed E-state index contributed by atoms with van der Waals surface area (Å²) in [6, 6.07) is 0. The Morgan fingerprint density at radius 3 is 2.62 bits per heavy atom. The Balaban J connectivity index is 2.53. The lowest BCUT2D eigenvalue weighted by Gasteiger charge is -2.07. The molecule has 2 aromatic heterocycles. The lowest BCUT2D eigenvalue weighted by Crippen LogP contribution is -2.08. The van der Waals surface area contributed by atoms with E-state index in [2.05, 4.69) is 15.4 Å². The highest BCUT2D eigenvalue weighted by atomic mass is 16.5. The molecule has 2 heterocycles. The SMILES string of the molecule is COCCCn1nnc(C(=O)O)c1-c1c(C)nn(C)c1C. The monoisotopic (exact) mass is 293 g/mol. The lowest BCUT2D eigenvalue weighted by molar-refractivity contribution is 0.0691. The molecule has 0 radical (unpaired) electrons. The van der Waals surface area contributed by atoms with E-state index in [1.807, 2.05) is 20.9 Å². The van der Waals surface area contributed by atoms with Crippen molar-refractivity contribution in [3.05, 3.63) is 17.1 Å². The van der Waals surface area contributed by atoms with Crippen LogP contribution in [-0.4, -0.2) is 49.6 Å². The third kappa shape index (κ3) is 2.80. The predicted molar refractivity (Wildman–Crippen MR) is 75.2 cm³/mol. The van der Waals surface area contributed by atoms with Gasteiger partial charge in [0.15, 0.2) is 5.69 Å². The Labute approximate surface area is 122 Å². The molecule has 0 saturated heterocycles. The number of nitrogens with zero attached hydrogens (tertiary/aromatic N) is 5. The van der Waals surface area contributed by atoms with Crippen LogP contribution in [0.5, 0.6) is 0 Å². The number of rotatable bonds is 6. The zero-order valence-electron chi connectivity index (χ0n) is 12.6. The van der Waals surface area contributed by atoms with Crippen molar-refractivity contribution in [2.24, 2.45) is 7.05 Å². The van der Waals surface area contributed by atoms with Gasteiger partial charge in [0.25, 0.3) is 0 Å². The number of carboxylic acids is 1. The number of methoxy groups -OCH3 is 1.